The summed E-state index contributed by atoms with van der Waals surface area (Å²) >= 11 is 5.77. The fourth-order valence-corrected chi connectivity index (χ4v) is 1.93. The van der Waals surface area contributed by atoms with Crippen molar-refractivity contribution in [1.29, 1.82) is 0 Å². The molecule has 1 saturated heterocycles. The monoisotopic (exact) mass is 254 g/mol. The molecule has 1 aliphatic rings. The summed E-state index contributed by atoms with van der Waals surface area (Å²) in [7, 11) is 1.70. The Morgan fingerprint density at radius 2 is 2.12 bits per heavy atom. The van der Waals surface area contributed by atoms with Crippen molar-refractivity contribution in [3.8, 4) is 0 Å². The standard InChI is InChI=1S/C11H11ClN2O3/c1-13-4-5-14(11(13)17)7-2-3-9(12)8(6-7)10(15)16/h2-3,6H,4-5H2,1H3,(H,15,16). The van der Waals surface area contributed by atoms with Crippen LogP contribution in [-0.4, -0.2) is 42.1 Å². The van der Waals surface area contributed by atoms with E-state index < -0.39 is 5.97 Å². The third-order valence-corrected chi connectivity index (χ3v) is 3.04. The van der Waals surface area contributed by atoms with Gasteiger partial charge in [0.1, 0.15) is 0 Å². The van der Waals surface area contributed by atoms with Crippen molar-refractivity contribution in [1.82, 2.24) is 4.90 Å². The molecule has 1 aromatic rings. The van der Waals surface area contributed by atoms with Gasteiger partial charge in [-0.2, -0.15) is 0 Å². The van der Waals surface area contributed by atoms with Crippen LogP contribution in [0.2, 0.25) is 5.02 Å². The molecule has 0 aromatic heterocycles. The van der Waals surface area contributed by atoms with Gasteiger partial charge in [-0.05, 0) is 18.2 Å². The number of hydrogen-bond acceptors (Lipinski definition) is 2. The molecule has 0 aliphatic carbocycles. The highest BCUT2D eigenvalue weighted by Gasteiger charge is 2.27. The number of carbonyl (C=O) groups excluding carboxylic acids is 1. The number of aromatic carboxylic acids is 1. The van der Waals surface area contributed by atoms with Crippen molar-refractivity contribution in [2.24, 2.45) is 0 Å². The lowest BCUT2D eigenvalue weighted by molar-refractivity contribution is 0.0697. The quantitative estimate of drug-likeness (QED) is 0.877. The summed E-state index contributed by atoms with van der Waals surface area (Å²) < 4.78 is 0. The Bertz CT molecular complexity index is 490. The molecular formula is C11H11ClN2O3. The fraction of sp³-hybridized carbons (Fsp3) is 0.273. The maximum absolute atomic E-state index is 11.7. The molecule has 90 valence electrons. The number of nitrogens with zero attached hydrogens (tertiary/aromatic N) is 2. The molecule has 1 N–H and O–H groups in total. The topological polar surface area (TPSA) is 60.9 Å². The molecule has 0 radical (unpaired) electrons. The van der Waals surface area contributed by atoms with Crippen LogP contribution >= 0.6 is 11.6 Å². The van der Waals surface area contributed by atoms with E-state index in [-0.39, 0.29) is 16.6 Å². The minimum absolute atomic E-state index is 0.00604. The number of halogens is 1. The maximum atomic E-state index is 11.7. The van der Waals surface area contributed by atoms with Crippen LogP contribution in [-0.2, 0) is 0 Å². The minimum Gasteiger partial charge on any atom is -0.478 e. The molecule has 2 rings (SSSR count). The second kappa shape index (κ2) is 4.25. The average Bonchev–Trinajstić information content (AvgIpc) is 2.60. The number of carbonyl (C=O) groups is 2. The van der Waals surface area contributed by atoms with E-state index in [9.17, 15) is 9.59 Å². The van der Waals surface area contributed by atoms with Gasteiger partial charge in [0.05, 0.1) is 10.6 Å². The third-order valence-electron chi connectivity index (χ3n) is 2.71. The normalized spacial score (nSPS) is 15.5. The van der Waals surface area contributed by atoms with Crippen LogP contribution in [0.4, 0.5) is 10.5 Å². The number of benzene rings is 1. The molecule has 0 bridgehead atoms. The fourth-order valence-electron chi connectivity index (χ4n) is 1.73. The number of carboxylic acids is 1. The van der Waals surface area contributed by atoms with Crippen molar-refractivity contribution >= 4 is 29.3 Å². The Morgan fingerprint density at radius 3 is 2.65 bits per heavy atom. The Morgan fingerprint density at radius 1 is 1.41 bits per heavy atom. The summed E-state index contributed by atoms with van der Waals surface area (Å²) in [5, 5.41) is 9.12. The molecule has 1 heterocycles. The van der Waals surface area contributed by atoms with E-state index in [0.717, 1.165) is 0 Å². The van der Waals surface area contributed by atoms with Crippen LogP contribution in [0.5, 0.6) is 0 Å². The summed E-state index contributed by atoms with van der Waals surface area (Å²) in [6.07, 6.45) is 0. The van der Waals surface area contributed by atoms with Gasteiger partial charge >= 0.3 is 12.0 Å². The van der Waals surface area contributed by atoms with E-state index in [1.165, 1.54) is 17.0 Å². The minimum atomic E-state index is -1.10. The zero-order chi connectivity index (χ0) is 12.6. The summed E-state index contributed by atoms with van der Waals surface area (Å²) in [4.78, 5) is 25.8. The van der Waals surface area contributed by atoms with Gasteiger partial charge in [-0.3, -0.25) is 4.90 Å². The van der Waals surface area contributed by atoms with E-state index >= 15 is 0 Å². The molecule has 6 heteroatoms. The lowest BCUT2D eigenvalue weighted by Gasteiger charge is -2.16. The first-order valence-electron chi connectivity index (χ1n) is 5.06. The van der Waals surface area contributed by atoms with E-state index in [1.807, 2.05) is 0 Å². The van der Waals surface area contributed by atoms with Crippen LogP contribution in [0.3, 0.4) is 0 Å². The molecule has 1 fully saturated rings. The Balaban J connectivity index is 2.37. The Hall–Kier alpha value is -1.75. The van der Waals surface area contributed by atoms with Crippen LogP contribution in [0.25, 0.3) is 0 Å². The zero-order valence-corrected chi connectivity index (χ0v) is 9.94. The second-order valence-corrected chi connectivity index (χ2v) is 4.23. The number of anilines is 1. The predicted molar refractivity (Wildman–Crippen MR) is 63.8 cm³/mol. The number of likely N-dealkylation sites (N-methyl/N-ethyl adjacent to an activating group) is 1. The van der Waals surface area contributed by atoms with Gasteiger partial charge < -0.3 is 10.0 Å². The Kier molecular flexibility index (Phi) is 2.93. The van der Waals surface area contributed by atoms with E-state index in [0.29, 0.717) is 18.8 Å². The SMILES string of the molecule is CN1CCN(c2ccc(Cl)c(C(=O)O)c2)C1=O. The Labute approximate surface area is 103 Å². The van der Waals surface area contributed by atoms with E-state index in [1.54, 1.807) is 18.0 Å². The van der Waals surface area contributed by atoms with Gasteiger partial charge in [-0.25, -0.2) is 9.59 Å². The van der Waals surface area contributed by atoms with Crippen LogP contribution in [0.15, 0.2) is 18.2 Å². The van der Waals surface area contributed by atoms with E-state index in [2.05, 4.69) is 0 Å². The van der Waals surface area contributed by atoms with E-state index in [4.69, 9.17) is 16.7 Å². The largest absolute Gasteiger partial charge is 0.478 e. The van der Waals surface area contributed by atoms with Gasteiger partial charge in [0.25, 0.3) is 0 Å². The second-order valence-electron chi connectivity index (χ2n) is 3.83. The molecular weight excluding hydrogens is 244 g/mol. The molecule has 1 aromatic carbocycles. The third kappa shape index (κ3) is 2.06. The van der Waals surface area contributed by atoms with Crippen molar-refractivity contribution in [3.63, 3.8) is 0 Å². The molecule has 17 heavy (non-hydrogen) atoms. The molecule has 0 saturated carbocycles. The summed E-state index contributed by atoms with van der Waals surface area (Å²) in [5.74, 6) is -1.10. The number of hydrogen-bond donors (Lipinski definition) is 1. The average molecular weight is 255 g/mol. The van der Waals surface area contributed by atoms with Crippen LogP contribution < -0.4 is 4.90 Å². The van der Waals surface area contributed by atoms with Crippen molar-refractivity contribution < 1.29 is 14.7 Å². The van der Waals surface area contributed by atoms with Gasteiger partial charge in [0, 0.05) is 25.8 Å². The first-order chi connectivity index (χ1) is 8.00. The smallest absolute Gasteiger partial charge is 0.337 e. The predicted octanol–water partition coefficient (Wildman–Crippen LogP) is 1.91. The number of rotatable bonds is 2. The maximum Gasteiger partial charge on any atom is 0.337 e. The number of urea groups is 1. The number of carboxylic acid groups (broad SMARTS) is 1. The molecule has 2 amide bonds. The first-order valence-corrected chi connectivity index (χ1v) is 5.44. The van der Waals surface area contributed by atoms with Gasteiger partial charge in [0.15, 0.2) is 0 Å². The number of amides is 2. The van der Waals surface area contributed by atoms with Gasteiger partial charge in [-0.15, -0.1) is 0 Å². The zero-order valence-electron chi connectivity index (χ0n) is 9.18. The van der Waals surface area contributed by atoms with Crippen molar-refractivity contribution in [2.45, 2.75) is 0 Å². The van der Waals surface area contributed by atoms with Crippen LogP contribution in [0, 0.1) is 0 Å². The molecule has 0 spiro atoms. The summed E-state index contributed by atoms with van der Waals surface area (Å²) in [5.41, 5.74) is 0.563. The van der Waals surface area contributed by atoms with Crippen molar-refractivity contribution in [2.75, 3.05) is 25.0 Å². The molecule has 5 nitrogen and oxygen atoms in total. The van der Waals surface area contributed by atoms with Gasteiger partial charge in [0.2, 0.25) is 0 Å². The lowest BCUT2D eigenvalue weighted by atomic mass is 10.2. The highest BCUT2D eigenvalue weighted by Crippen LogP contribution is 2.25. The lowest BCUT2D eigenvalue weighted by Crippen LogP contribution is -2.29. The highest BCUT2D eigenvalue weighted by molar-refractivity contribution is 6.33. The first kappa shape index (κ1) is 11.7. The summed E-state index contributed by atoms with van der Waals surface area (Å²) in [6.45, 7) is 1.18. The molecule has 0 atom stereocenters. The highest BCUT2D eigenvalue weighted by atomic mass is 35.5. The molecule has 1 aliphatic heterocycles. The van der Waals surface area contributed by atoms with Crippen molar-refractivity contribution in [3.05, 3.63) is 28.8 Å². The van der Waals surface area contributed by atoms with Crippen LogP contribution in [0.1, 0.15) is 10.4 Å². The summed E-state index contributed by atoms with van der Waals surface area (Å²) in [6, 6.07) is 4.42. The molecule has 0 unspecified atom stereocenters. The van der Waals surface area contributed by atoms with Gasteiger partial charge in [-0.1, -0.05) is 11.6 Å².